The number of hydrogen-bond donors (Lipinski definition) is 1. The lowest BCUT2D eigenvalue weighted by atomic mass is 10.0. The Hall–Kier alpha value is -5.50. The summed E-state index contributed by atoms with van der Waals surface area (Å²) in [6.07, 6.45) is 2.40. The van der Waals surface area contributed by atoms with Crippen molar-refractivity contribution in [3.63, 3.8) is 0 Å². The summed E-state index contributed by atoms with van der Waals surface area (Å²) in [5, 5.41) is 3.54. The van der Waals surface area contributed by atoms with Gasteiger partial charge in [-0.1, -0.05) is 54.6 Å². The number of amides is 1. The van der Waals surface area contributed by atoms with Crippen LogP contribution in [0, 0.1) is 0 Å². The normalized spacial score (nSPS) is 10.6. The molecule has 0 spiro atoms. The van der Waals surface area contributed by atoms with Gasteiger partial charge in [0.1, 0.15) is 5.75 Å². The van der Waals surface area contributed by atoms with Crippen molar-refractivity contribution in [1.82, 2.24) is 14.9 Å². The van der Waals surface area contributed by atoms with Crippen LogP contribution in [0.5, 0.6) is 5.75 Å². The predicted molar refractivity (Wildman–Crippen MR) is 164 cm³/mol. The van der Waals surface area contributed by atoms with Gasteiger partial charge in [-0.2, -0.15) is 0 Å². The van der Waals surface area contributed by atoms with E-state index in [1.807, 2.05) is 84.9 Å². The Morgan fingerprint density at radius 2 is 1.55 bits per heavy atom. The van der Waals surface area contributed by atoms with E-state index in [-0.39, 0.29) is 12.4 Å². The number of carbonyl (C=O) groups is 3. The number of ketones is 1. The van der Waals surface area contributed by atoms with Gasteiger partial charge in [0.15, 0.2) is 6.61 Å². The summed E-state index contributed by atoms with van der Waals surface area (Å²) in [6.45, 7) is -0.357. The topological polar surface area (TPSA) is 102 Å². The van der Waals surface area contributed by atoms with E-state index in [2.05, 4.69) is 4.98 Å². The second-order valence-corrected chi connectivity index (χ2v) is 9.82. The van der Waals surface area contributed by atoms with E-state index in [4.69, 9.17) is 14.5 Å². The highest BCUT2D eigenvalue weighted by atomic mass is 16.5. The number of H-pyrrole nitrogens is 1. The van der Waals surface area contributed by atoms with Crippen molar-refractivity contribution in [2.45, 2.75) is 0 Å². The molecule has 0 radical (unpaired) electrons. The van der Waals surface area contributed by atoms with E-state index >= 15 is 0 Å². The molecule has 1 amide bonds. The zero-order valence-corrected chi connectivity index (χ0v) is 23.5. The Labute approximate surface area is 242 Å². The Morgan fingerprint density at radius 1 is 0.857 bits per heavy atom. The molecule has 0 saturated heterocycles. The molecule has 4 aromatic carbocycles. The first-order chi connectivity index (χ1) is 20.4. The standard InChI is InChI=1S/C31H22N2O4.C3H7NO/c1-36-22-13-12-19-14-21(11-10-20(19)15-22)29-16-25(23-6-3-5-9-28(23)33-29)31(35)37-18-30(34)26-17-32-27-8-4-2-7-24(26)27;1-4(2)3-5/h2-17,32H,18H2,1H3;3H,1-2H3. The van der Waals surface area contributed by atoms with Gasteiger partial charge >= 0.3 is 5.97 Å². The molecule has 8 heteroatoms. The van der Waals surface area contributed by atoms with Crippen LogP contribution in [-0.4, -0.2) is 60.8 Å². The van der Waals surface area contributed by atoms with Crippen LogP contribution in [-0.2, 0) is 9.53 Å². The van der Waals surface area contributed by atoms with Crippen LogP contribution in [0.3, 0.4) is 0 Å². The predicted octanol–water partition coefficient (Wildman–Crippen LogP) is 6.29. The minimum Gasteiger partial charge on any atom is -0.497 e. The number of carbonyl (C=O) groups excluding carboxylic acids is 3. The molecule has 0 bridgehead atoms. The lowest BCUT2D eigenvalue weighted by molar-refractivity contribution is -0.115. The van der Waals surface area contributed by atoms with Crippen molar-refractivity contribution in [3.05, 3.63) is 108 Å². The second-order valence-electron chi connectivity index (χ2n) is 9.82. The average Bonchev–Trinajstić information content (AvgIpc) is 3.47. The van der Waals surface area contributed by atoms with E-state index in [9.17, 15) is 14.4 Å². The number of para-hydroxylation sites is 2. The van der Waals surface area contributed by atoms with Crippen LogP contribution >= 0.6 is 0 Å². The minimum absolute atomic E-state index is 0.269. The third-order valence-electron chi connectivity index (χ3n) is 6.71. The number of pyridine rings is 1. The Kier molecular flexibility index (Phi) is 8.24. The molecule has 1 N–H and O–H groups in total. The lowest BCUT2D eigenvalue weighted by Gasteiger charge is -2.11. The number of hydrogen-bond acceptors (Lipinski definition) is 6. The average molecular weight is 560 g/mol. The van der Waals surface area contributed by atoms with Crippen molar-refractivity contribution in [2.75, 3.05) is 27.8 Å². The van der Waals surface area contributed by atoms with Crippen molar-refractivity contribution >= 4 is 50.7 Å². The Balaban J connectivity index is 0.000000652. The first-order valence-electron chi connectivity index (χ1n) is 13.2. The van der Waals surface area contributed by atoms with Crippen molar-refractivity contribution in [3.8, 4) is 17.0 Å². The number of esters is 1. The van der Waals surface area contributed by atoms with Crippen LogP contribution in [0.15, 0.2) is 97.2 Å². The molecule has 2 heterocycles. The molecule has 0 aliphatic carbocycles. The smallest absolute Gasteiger partial charge is 0.339 e. The Morgan fingerprint density at radius 3 is 2.31 bits per heavy atom. The summed E-state index contributed by atoms with van der Waals surface area (Å²) in [6, 6.07) is 28.5. The molecule has 0 aliphatic rings. The fourth-order valence-electron chi connectivity index (χ4n) is 4.59. The lowest BCUT2D eigenvalue weighted by Crippen LogP contribution is -2.14. The minimum atomic E-state index is -0.571. The molecule has 210 valence electrons. The number of ether oxygens (including phenoxy) is 2. The number of fused-ring (bicyclic) bond motifs is 3. The van der Waals surface area contributed by atoms with Gasteiger partial charge in [-0.25, -0.2) is 9.78 Å². The molecular formula is C34H29N3O5. The van der Waals surface area contributed by atoms with Crippen molar-refractivity contribution in [1.29, 1.82) is 0 Å². The maximum atomic E-state index is 13.2. The molecule has 0 atom stereocenters. The van der Waals surface area contributed by atoms with E-state index < -0.39 is 5.97 Å². The molecule has 2 aromatic heterocycles. The van der Waals surface area contributed by atoms with Crippen LogP contribution in [0.4, 0.5) is 0 Å². The summed E-state index contributed by atoms with van der Waals surface area (Å²) in [5.41, 5.74) is 3.90. The maximum absolute atomic E-state index is 13.2. The molecule has 42 heavy (non-hydrogen) atoms. The third kappa shape index (κ3) is 5.97. The third-order valence-corrected chi connectivity index (χ3v) is 6.71. The van der Waals surface area contributed by atoms with Crippen LogP contribution in [0.2, 0.25) is 0 Å². The number of methoxy groups -OCH3 is 1. The SMILES string of the molecule is CN(C)C=O.COc1ccc2cc(-c3cc(C(=O)OCC(=O)c4c[nH]c5ccccc45)c4ccccc4n3)ccc2c1. The van der Waals surface area contributed by atoms with Gasteiger partial charge in [-0.05, 0) is 47.2 Å². The molecule has 6 rings (SSSR count). The van der Waals surface area contributed by atoms with E-state index in [0.29, 0.717) is 27.7 Å². The molecule has 8 nitrogen and oxygen atoms in total. The van der Waals surface area contributed by atoms with Crippen LogP contribution in [0.25, 0.3) is 43.8 Å². The van der Waals surface area contributed by atoms with Gasteiger partial charge < -0.3 is 19.4 Å². The quantitative estimate of drug-likeness (QED) is 0.140. The first kappa shape index (κ1) is 28.0. The highest BCUT2D eigenvalue weighted by molar-refractivity contribution is 6.10. The summed E-state index contributed by atoms with van der Waals surface area (Å²) in [5.74, 6) is -0.0517. The van der Waals surface area contributed by atoms with E-state index in [1.165, 1.54) is 4.90 Å². The molecule has 6 aromatic rings. The van der Waals surface area contributed by atoms with E-state index in [1.54, 1.807) is 33.5 Å². The van der Waals surface area contributed by atoms with Crippen LogP contribution < -0.4 is 4.74 Å². The summed E-state index contributed by atoms with van der Waals surface area (Å²) in [7, 11) is 5.02. The molecule has 0 aliphatic heterocycles. The summed E-state index contributed by atoms with van der Waals surface area (Å²) >= 11 is 0. The first-order valence-corrected chi connectivity index (χ1v) is 13.2. The number of benzene rings is 4. The van der Waals surface area contributed by atoms with Gasteiger partial charge in [0.05, 0.1) is 23.9 Å². The maximum Gasteiger partial charge on any atom is 0.339 e. The van der Waals surface area contributed by atoms with Gasteiger partial charge in [-0.3, -0.25) is 9.59 Å². The van der Waals surface area contributed by atoms with Crippen molar-refractivity contribution in [2.24, 2.45) is 0 Å². The fraction of sp³-hybridized carbons (Fsp3) is 0.118. The van der Waals surface area contributed by atoms with Gasteiger partial charge in [-0.15, -0.1) is 0 Å². The van der Waals surface area contributed by atoms with Crippen molar-refractivity contribution < 1.29 is 23.9 Å². The molecule has 0 fully saturated rings. The highest BCUT2D eigenvalue weighted by Gasteiger charge is 2.19. The zero-order chi connectivity index (χ0) is 29.6. The Bertz CT molecular complexity index is 1930. The number of nitrogens with one attached hydrogen (secondary N) is 1. The second kappa shape index (κ2) is 12.3. The largest absolute Gasteiger partial charge is 0.497 e. The fourth-order valence-corrected chi connectivity index (χ4v) is 4.59. The number of nitrogens with zero attached hydrogens (tertiary/aromatic N) is 2. The highest BCUT2D eigenvalue weighted by Crippen LogP contribution is 2.29. The molecule has 0 saturated carbocycles. The number of aromatic nitrogens is 2. The zero-order valence-electron chi connectivity index (χ0n) is 23.5. The number of Topliss-reactive ketones (excluding diaryl/α,β-unsaturated/α-hetero) is 1. The molecular weight excluding hydrogens is 530 g/mol. The number of aromatic amines is 1. The van der Waals surface area contributed by atoms with E-state index in [0.717, 1.165) is 39.4 Å². The molecule has 0 unspecified atom stereocenters. The van der Waals surface area contributed by atoms with Gasteiger partial charge in [0.2, 0.25) is 12.2 Å². The van der Waals surface area contributed by atoms with Gasteiger partial charge in [0.25, 0.3) is 0 Å². The van der Waals surface area contributed by atoms with Crippen LogP contribution in [0.1, 0.15) is 20.7 Å². The monoisotopic (exact) mass is 559 g/mol. The van der Waals surface area contributed by atoms with Gasteiger partial charge in [0, 0.05) is 47.7 Å². The summed E-state index contributed by atoms with van der Waals surface area (Å²) < 4.78 is 10.8. The summed E-state index contributed by atoms with van der Waals surface area (Å²) in [4.78, 5) is 44.8. The number of rotatable bonds is 7.